The predicted octanol–water partition coefficient (Wildman–Crippen LogP) is 3.05. The number of rotatable bonds is 8. The van der Waals surface area contributed by atoms with Crippen LogP contribution in [0.1, 0.15) is 12.0 Å². The molecule has 0 aliphatic carbocycles. The van der Waals surface area contributed by atoms with Crippen molar-refractivity contribution in [1.82, 2.24) is 20.1 Å². The Morgan fingerprint density at radius 2 is 1.93 bits per heavy atom. The fourth-order valence-electron chi connectivity index (χ4n) is 2.69. The molecule has 3 rings (SSSR count). The van der Waals surface area contributed by atoms with Crippen molar-refractivity contribution in [2.45, 2.75) is 19.0 Å². The van der Waals surface area contributed by atoms with Crippen LogP contribution < -0.4 is 11.1 Å². The number of aromatic nitrogens is 3. The molecule has 0 saturated carbocycles. The topological polar surface area (TPSA) is 85.8 Å². The number of thioether (sulfide) groups is 1. The van der Waals surface area contributed by atoms with Crippen LogP contribution in [0.5, 0.6) is 0 Å². The summed E-state index contributed by atoms with van der Waals surface area (Å²) in [5.74, 6) is 0.722. The van der Waals surface area contributed by atoms with Gasteiger partial charge in [-0.1, -0.05) is 18.2 Å². The Balaban J connectivity index is 0.00000280. The van der Waals surface area contributed by atoms with Crippen LogP contribution in [-0.4, -0.2) is 38.7 Å². The third-order valence-corrected chi connectivity index (χ3v) is 4.83. The molecule has 0 bridgehead atoms. The third-order valence-electron chi connectivity index (χ3n) is 4.19. The monoisotopic (exact) mass is 417 g/mol. The van der Waals surface area contributed by atoms with Gasteiger partial charge in [0.25, 0.3) is 0 Å². The van der Waals surface area contributed by atoms with Crippen molar-refractivity contribution < 1.29 is 4.79 Å². The lowest BCUT2D eigenvalue weighted by Gasteiger charge is -2.11. The van der Waals surface area contributed by atoms with Crippen LogP contribution in [0.2, 0.25) is 0 Å². The molecule has 0 spiro atoms. The first kappa shape index (κ1) is 21.9. The second-order valence-corrected chi connectivity index (χ2v) is 7.11. The molecule has 6 nitrogen and oxygen atoms in total. The Morgan fingerprint density at radius 3 is 2.61 bits per heavy atom. The van der Waals surface area contributed by atoms with Crippen molar-refractivity contribution in [3.8, 4) is 16.9 Å². The summed E-state index contributed by atoms with van der Waals surface area (Å²) >= 11 is 1.68. The summed E-state index contributed by atoms with van der Waals surface area (Å²) in [6.07, 6.45) is 8.07. The Morgan fingerprint density at radius 1 is 1.21 bits per heavy atom. The summed E-state index contributed by atoms with van der Waals surface area (Å²) in [7, 11) is 0. The number of pyridine rings is 1. The average molecular weight is 418 g/mol. The van der Waals surface area contributed by atoms with Gasteiger partial charge in [0.2, 0.25) is 5.91 Å². The molecule has 0 aliphatic heterocycles. The Hall–Kier alpha value is -2.35. The van der Waals surface area contributed by atoms with E-state index in [1.165, 1.54) is 0 Å². The number of benzene rings is 1. The fourth-order valence-corrected chi connectivity index (χ4v) is 3.18. The first-order valence-corrected chi connectivity index (χ1v) is 10.1. The summed E-state index contributed by atoms with van der Waals surface area (Å²) in [4.78, 5) is 16.3. The van der Waals surface area contributed by atoms with Gasteiger partial charge in [-0.3, -0.25) is 9.78 Å². The highest BCUT2D eigenvalue weighted by molar-refractivity contribution is 7.98. The summed E-state index contributed by atoms with van der Waals surface area (Å²) < 4.78 is 1.82. The van der Waals surface area contributed by atoms with Crippen LogP contribution in [0.25, 0.3) is 16.9 Å². The van der Waals surface area contributed by atoms with Gasteiger partial charge in [-0.15, -0.1) is 12.4 Å². The molecular formula is C20H24ClN5OS. The minimum Gasteiger partial charge on any atom is -0.351 e. The van der Waals surface area contributed by atoms with Gasteiger partial charge in [0.15, 0.2) is 0 Å². The molecule has 1 amide bonds. The molecule has 8 heteroatoms. The molecule has 0 unspecified atom stereocenters. The maximum atomic E-state index is 12.3. The molecule has 0 saturated heterocycles. The largest absolute Gasteiger partial charge is 0.351 e. The van der Waals surface area contributed by atoms with E-state index in [1.807, 2.05) is 59.6 Å². The number of nitrogens with two attached hydrogens (primary N) is 1. The molecule has 2 aromatic heterocycles. The normalized spacial score (nSPS) is 11.5. The lowest BCUT2D eigenvalue weighted by Crippen LogP contribution is -2.40. The lowest BCUT2D eigenvalue weighted by atomic mass is 10.1. The maximum absolute atomic E-state index is 12.3. The molecule has 0 radical (unpaired) electrons. The van der Waals surface area contributed by atoms with E-state index < -0.39 is 6.04 Å². The van der Waals surface area contributed by atoms with Gasteiger partial charge in [0, 0.05) is 36.3 Å². The van der Waals surface area contributed by atoms with Crippen molar-refractivity contribution in [3.05, 3.63) is 66.6 Å². The number of hydrogen-bond donors (Lipinski definition) is 2. The molecule has 1 atom stereocenters. The zero-order chi connectivity index (χ0) is 19.1. The average Bonchev–Trinajstić information content (AvgIpc) is 3.15. The van der Waals surface area contributed by atoms with Crippen LogP contribution in [0.15, 0.2) is 61.1 Å². The number of nitrogens with one attached hydrogen (secondary N) is 1. The minimum absolute atomic E-state index is 0. The van der Waals surface area contributed by atoms with Gasteiger partial charge in [-0.2, -0.15) is 16.9 Å². The SMILES string of the molecule is CSCC[C@H](N)C(=O)NCc1cn(-c2ccccc2)nc1-c1ccncc1.Cl. The van der Waals surface area contributed by atoms with Crippen molar-refractivity contribution in [1.29, 1.82) is 0 Å². The lowest BCUT2D eigenvalue weighted by molar-refractivity contribution is -0.122. The summed E-state index contributed by atoms with van der Waals surface area (Å²) in [5.41, 5.74) is 9.62. The number of nitrogens with zero attached hydrogens (tertiary/aromatic N) is 3. The van der Waals surface area contributed by atoms with Gasteiger partial charge < -0.3 is 11.1 Å². The highest BCUT2D eigenvalue weighted by Crippen LogP contribution is 2.23. The van der Waals surface area contributed by atoms with E-state index >= 15 is 0 Å². The first-order valence-electron chi connectivity index (χ1n) is 8.75. The summed E-state index contributed by atoms with van der Waals surface area (Å²) in [5, 5.41) is 7.67. The molecular weight excluding hydrogens is 394 g/mol. The van der Waals surface area contributed by atoms with Crippen molar-refractivity contribution >= 4 is 30.1 Å². The van der Waals surface area contributed by atoms with Gasteiger partial charge in [0.05, 0.1) is 17.4 Å². The molecule has 148 valence electrons. The van der Waals surface area contributed by atoms with Gasteiger partial charge in [0.1, 0.15) is 0 Å². The van der Waals surface area contributed by atoms with Crippen molar-refractivity contribution in [3.63, 3.8) is 0 Å². The Bertz CT molecular complexity index is 873. The van der Waals surface area contributed by atoms with Crippen molar-refractivity contribution in [2.24, 2.45) is 5.73 Å². The van der Waals surface area contributed by atoms with E-state index in [-0.39, 0.29) is 18.3 Å². The quantitative estimate of drug-likeness (QED) is 0.588. The smallest absolute Gasteiger partial charge is 0.237 e. The Kier molecular flexibility index (Phi) is 8.50. The summed E-state index contributed by atoms with van der Waals surface area (Å²) in [6.45, 7) is 0.371. The number of para-hydroxylation sites is 1. The predicted molar refractivity (Wildman–Crippen MR) is 117 cm³/mol. The van der Waals surface area contributed by atoms with E-state index in [2.05, 4.69) is 10.3 Å². The number of halogens is 1. The Labute approximate surface area is 175 Å². The summed E-state index contributed by atoms with van der Waals surface area (Å²) in [6, 6.07) is 13.2. The van der Waals surface area contributed by atoms with Crippen LogP contribution in [0.3, 0.4) is 0 Å². The molecule has 28 heavy (non-hydrogen) atoms. The first-order chi connectivity index (χ1) is 13.2. The van der Waals surface area contributed by atoms with E-state index in [9.17, 15) is 4.79 Å². The number of amides is 1. The highest BCUT2D eigenvalue weighted by atomic mass is 35.5. The molecule has 2 heterocycles. The molecule has 0 fully saturated rings. The molecule has 0 aliphatic rings. The standard InChI is InChI=1S/C20H23N5OS.ClH/c1-27-12-9-18(21)20(26)23-13-16-14-25(17-5-3-2-4-6-17)24-19(16)15-7-10-22-11-8-15;/h2-8,10-11,14,18H,9,12-13,21H2,1H3,(H,23,26);1H/t18-;/m0./s1. The van der Waals surface area contributed by atoms with E-state index in [4.69, 9.17) is 10.8 Å². The number of carbonyl (C=O) groups is 1. The highest BCUT2D eigenvalue weighted by Gasteiger charge is 2.16. The van der Waals surface area contributed by atoms with E-state index in [1.54, 1.807) is 24.2 Å². The second kappa shape index (κ2) is 10.8. The van der Waals surface area contributed by atoms with Gasteiger partial charge >= 0.3 is 0 Å². The second-order valence-electron chi connectivity index (χ2n) is 6.12. The third kappa shape index (κ3) is 5.58. The minimum atomic E-state index is -0.494. The fraction of sp³-hybridized carbons (Fsp3) is 0.250. The zero-order valence-electron chi connectivity index (χ0n) is 15.6. The van der Waals surface area contributed by atoms with Crippen LogP contribution in [0, 0.1) is 0 Å². The van der Waals surface area contributed by atoms with Crippen LogP contribution in [0.4, 0.5) is 0 Å². The van der Waals surface area contributed by atoms with Gasteiger partial charge in [-0.05, 0) is 42.7 Å². The van der Waals surface area contributed by atoms with E-state index in [0.29, 0.717) is 13.0 Å². The zero-order valence-corrected chi connectivity index (χ0v) is 17.2. The van der Waals surface area contributed by atoms with Gasteiger partial charge in [-0.25, -0.2) is 4.68 Å². The van der Waals surface area contributed by atoms with Crippen LogP contribution in [-0.2, 0) is 11.3 Å². The molecule has 3 aromatic rings. The number of carbonyl (C=O) groups excluding carboxylic acids is 1. The van der Waals surface area contributed by atoms with Crippen LogP contribution >= 0.6 is 24.2 Å². The molecule has 3 N–H and O–H groups in total. The van der Waals surface area contributed by atoms with Crippen molar-refractivity contribution in [2.75, 3.05) is 12.0 Å². The van der Waals surface area contributed by atoms with E-state index in [0.717, 1.165) is 28.3 Å². The molecule has 1 aromatic carbocycles. The maximum Gasteiger partial charge on any atom is 0.237 e. The number of hydrogen-bond acceptors (Lipinski definition) is 5.